The van der Waals surface area contributed by atoms with Crippen LogP contribution in [0.5, 0.6) is 5.75 Å². The number of halogens is 2. The second-order valence-corrected chi connectivity index (χ2v) is 16.7. The molecule has 2 saturated heterocycles. The van der Waals surface area contributed by atoms with Gasteiger partial charge < -0.3 is 29.5 Å². The van der Waals surface area contributed by atoms with E-state index in [0.29, 0.717) is 57.3 Å². The van der Waals surface area contributed by atoms with E-state index in [2.05, 4.69) is 10.4 Å². The molecule has 1 N–H and O–H groups in total. The Balaban J connectivity index is 1.04. The summed E-state index contributed by atoms with van der Waals surface area (Å²) in [6, 6.07) is 16.7. The Hall–Kier alpha value is -6.00. The Morgan fingerprint density at radius 1 is 0.950 bits per heavy atom. The van der Waals surface area contributed by atoms with Crippen molar-refractivity contribution in [2.45, 2.75) is 51.5 Å². The van der Waals surface area contributed by atoms with Crippen LogP contribution in [0.3, 0.4) is 0 Å². The van der Waals surface area contributed by atoms with Crippen LogP contribution < -0.4 is 10.1 Å². The average Bonchev–Trinajstić information content (AvgIpc) is 3.98. The molecule has 0 radical (unpaired) electrons. The lowest BCUT2D eigenvalue weighted by Gasteiger charge is -2.36. The first-order valence-electron chi connectivity index (χ1n) is 20.1. The van der Waals surface area contributed by atoms with Gasteiger partial charge in [0.05, 0.1) is 47.6 Å². The fraction of sp³-hybridized carbons (Fsp3) is 0.395. The van der Waals surface area contributed by atoms with Gasteiger partial charge in [-0.1, -0.05) is 35.9 Å². The molecule has 314 valence electrons. The Morgan fingerprint density at radius 2 is 1.73 bits per heavy atom. The van der Waals surface area contributed by atoms with Crippen molar-refractivity contribution in [3.8, 4) is 22.6 Å². The fourth-order valence-electron chi connectivity index (χ4n) is 7.87. The molecule has 5 heterocycles. The van der Waals surface area contributed by atoms with Gasteiger partial charge in [0.1, 0.15) is 29.3 Å². The lowest BCUT2D eigenvalue weighted by molar-refractivity contribution is -0.134. The summed E-state index contributed by atoms with van der Waals surface area (Å²) in [5.74, 6) is -0.768. The predicted molar refractivity (Wildman–Crippen MR) is 221 cm³/mol. The molecule has 60 heavy (non-hydrogen) atoms. The number of hydrogen-bond acceptors (Lipinski definition) is 9. The third-order valence-electron chi connectivity index (χ3n) is 10.9. The molecule has 8 rings (SSSR count). The van der Waals surface area contributed by atoms with Crippen LogP contribution in [-0.2, 0) is 20.9 Å². The van der Waals surface area contributed by atoms with E-state index in [1.165, 1.54) is 40.2 Å². The highest BCUT2D eigenvalue weighted by molar-refractivity contribution is 6.32. The maximum absolute atomic E-state index is 14.2. The van der Waals surface area contributed by atoms with Crippen molar-refractivity contribution in [2.24, 2.45) is 0 Å². The second-order valence-electron chi connectivity index (χ2n) is 16.3. The van der Waals surface area contributed by atoms with Crippen LogP contribution in [0.2, 0.25) is 5.02 Å². The van der Waals surface area contributed by atoms with Crippen molar-refractivity contribution in [2.75, 3.05) is 58.9 Å². The van der Waals surface area contributed by atoms with Crippen molar-refractivity contribution in [3.63, 3.8) is 0 Å². The minimum atomic E-state index is -0.868. The molecule has 0 saturated carbocycles. The molecule has 3 aromatic carbocycles. The van der Waals surface area contributed by atoms with Crippen molar-refractivity contribution in [3.05, 3.63) is 95.7 Å². The normalized spacial score (nSPS) is 19.1. The molecule has 4 amide bonds. The molecule has 3 aliphatic rings. The van der Waals surface area contributed by atoms with Gasteiger partial charge in [-0.15, -0.1) is 0 Å². The lowest BCUT2D eigenvalue weighted by atomic mass is 10.0. The highest BCUT2D eigenvalue weighted by atomic mass is 35.5. The smallest absolute Gasteiger partial charge is 0.410 e. The van der Waals surface area contributed by atoms with Gasteiger partial charge in [-0.3, -0.25) is 24.0 Å². The number of carbonyl (C=O) groups is 4. The SMILES string of the molecule is CC(C)(C)OC(=O)N1CCN(C(=O)CN2CCNC(=O)[C@@H]3C[C@@H](CN3C(=O)c3cnn(-c4ccc(F)cc4Cl)c3)Oc3cccc(c3)-c3cccc4nn(cc34)CC2)CC1. The number of ether oxygens (including phenoxy) is 2. The maximum atomic E-state index is 14.2. The number of hydrogen-bond donors (Lipinski definition) is 1. The van der Waals surface area contributed by atoms with Crippen molar-refractivity contribution in [1.29, 1.82) is 0 Å². The van der Waals surface area contributed by atoms with Crippen LogP contribution in [-0.4, -0.2) is 140 Å². The minimum Gasteiger partial charge on any atom is -0.488 e. The van der Waals surface area contributed by atoms with Gasteiger partial charge in [-0.25, -0.2) is 13.9 Å². The van der Waals surface area contributed by atoms with Crippen molar-refractivity contribution >= 4 is 46.3 Å². The molecule has 2 atom stereocenters. The number of nitrogens with one attached hydrogen (secondary N) is 1. The Bertz CT molecular complexity index is 2420. The number of carbonyl (C=O) groups excluding carboxylic acids is 4. The summed E-state index contributed by atoms with van der Waals surface area (Å²) in [6.45, 7) is 8.66. The van der Waals surface area contributed by atoms with E-state index >= 15 is 0 Å². The predicted octanol–water partition coefficient (Wildman–Crippen LogP) is 4.85. The first kappa shape index (κ1) is 40.8. The van der Waals surface area contributed by atoms with Crippen LogP contribution >= 0.6 is 11.6 Å². The van der Waals surface area contributed by atoms with Gasteiger partial charge in [0, 0.05) is 70.0 Å². The summed E-state index contributed by atoms with van der Waals surface area (Å²) in [4.78, 5) is 61.5. The van der Waals surface area contributed by atoms with Gasteiger partial charge in [0.25, 0.3) is 5.91 Å². The number of aromatic nitrogens is 4. The quantitative estimate of drug-likeness (QED) is 0.268. The summed E-state index contributed by atoms with van der Waals surface area (Å²) < 4.78 is 29.1. The Kier molecular flexibility index (Phi) is 11.5. The highest BCUT2D eigenvalue weighted by Crippen LogP contribution is 2.33. The zero-order valence-electron chi connectivity index (χ0n) is 33.7. The first-order valence-corrected chi connectivity index (χ1v) is 20.5. The number of amides is 4. The van der Waals surface area contributed by atoms with E-state index in [1.807, 2.05) is 79.0 Å². The van der Waals surface area contributed by atoms with Crippen molar-refractivity contribution in [1.82, 2.24) is 44.5 Å². The van der Waals surface area contributed by atoms with Crippen LogP contribution in [0.4, 0.5) is 9.18 Å². The van der Waals surface area contributed by atoms with Gasteiger partial charge in [0.2, 0.25) is 11.8 Å². The van der Waals surface area contributed by atoms with Crippen LogP contribution in [0, 0.1) is 5.82 Å². The number of fused-ring (bicyclic) bond motifs is 6. The molecular formula is C43H47ClFN9O6. The van der Waals surface area contributed by atoms with E-state index in [9.17, 15) is 23.6 Å². The molecule has 0 spiro atoms. The number of nitrogens with zero attached hydrogens (tertiary/aromatic N) is 8. The monoisotopic (exact) mass is 839 g/mol. The second kappa shape index (κ2) is 16.9. The zero-order chi connectivity index (χ0) is 42.1. The Labute approximate surface area is 351 Å². The zero-order valence-corrected chi connectivity index (χ0v) is 34.5. The average molecular weight is 840 g/mol. The summed E-state index contributed by atoms with van der Waals surface area (Å²) in [5.41, 5.74) is 2.72. The molecule has 3 aliphatic heterocycles. The van der Waals surface area contributed by atoms with E-state index in [-0.39, 0.29) is 48.5 Å². The molecule has 0 aliphatic carbocycles. The van der Waals surface area contributed by atoms with Gasteiger partial charge >= 0.3 is 6.09 Å². The number of likely N-dealkylation sites (tertiary alicyclic amines) is 1. The maximum Gasteiger partial charge on any atom is 0.410 e. The van der Waals surface area contributed by atoms with Crippen LogP contribution in [0.15, 0.2) is 79.3 Å². The van der Waals surface area contributed by atoms with E-state index < -0.39 is 35.6 Å². The van der Waals surface area contributed by atoms with Gasteiger partial charge in [-0.2, -0.15) is 10.2 Å². The molecule has 2 fully saturated rings. The topological polar surface area (TPSA) is 147 Å². The lowest BCUT2D eigenvalue weighted by Crippen LogP contribution is -2.54. The molecule has 17 heteroatoms. The standard InChI is InChI=1S/C43H47ClFN9O6/c1-43(2,3)60-42(58)51-17-15-50(16-18-51)39(55)27-49-13-12-46-40(56)38-22-32(25-53(38)41(57)29-23-47-54(24-29)37-11-10-30(45)21-35(37)44)59-31-7-4-6-28(20-31)33-8-5-9-36-34(33)26-52(48-36)19-14-49/h4-11,20-21,23-24,26,32,38H,12-19,22,25,27H2,1-3H3,(H,46,56)/t32-,38-/m0/s1. The molecular weight excluding hydrogens is 793 g/mol. The van der Waals surface area contributed by atoms with E-state index in [1.54, 1.807) is 9.80 Å². The number of rotatable bonds is 4. The first-order chi connectivity index (χ1) is 28.8. The molecule has 5 aromatic rings. The van der Waals surface area contributed by atoms with E-state index in [4.69, 9.17) is 26.2 Å². The van der Waals surface area contributed by atoms with Crippen molar-refractivity contribution < 1.29 is 33.0 Å². The summed E-state index contributed by atoms with van der Waals surface area (Å²) in [5, 5.41) is 13.3. The van der Waals surface area contributed by atoms with Crippen LogP contribution in [0.25, 0.3) is 27.7 Å². The molecule has 15 nitrogen and oxygen atoms in total. The molecule has 2 aromatic heterocycles. The third kappa shape index (κ3) is 9.09. The van der Waals surface area contributed by atoms with Gasteiger partial charge in [-0.05, 0) is 68.3 Å². The summed E-state index contributed by atoms with van der Waals surface area (Å²) in [7, 11) is 0. The molecule has 0 unspecified atom stereocenters. The summed E-state index contributed by atoms with van der Waals surface area (Å²) >= 11 is 6.29. The van der Waals surface area contributed by atoms with Crippen LogP contribution in [0.1, 0.15) is 37.6 Å². The summed E-state index contributed by atoms with van der Waals surface area (Å²) in [6.07, 6.45) is 4.24. The number of benzene rings is 3. The fourth-order valence-corrected chi connectivity index (χ4v) is 8.12. The van der Waals surface area contributed by atoms with E-state index in [0.717, 1.165) is 22.0 Å². The largest absolute Gasteiger partial charge is 0.488 e. The Morgan fingerprint density at radius 3 is 2.52 bits per heavy atom. The minimum absolute atomic E-state index is 0.0878. The van der Waals surface area contributed by atoms with Gasteiger partial charge in [0.15, 0.2) is 0 Å². The number of piperazine rings is 1. The highest BCUT2D eigenvalue weighted by Gasteiger charge is 2.41. The third-order valence-corrected chi connectivity index (χ3v) is 11.2. The molecule has 6 bridgehead atoms.